The average Bonchev–Trinajstić information content (AvgIpc) is 3.00. The molecule has 2 aliphatic rings. The number of rotatable bonds is 4. The van der Waals surface area contributed by atoms with E-state index in [1.54, 1.807) is 0 Å². The number of thioether (sulfide) groups is 1. The van der Waals surface area contributed by atoms with E-state index in [1.165, 1.54) is 11.5 Å². The van der Waals surface area contributed by atoms with Crippen LogP contribution in [0.2, 0.25) is 0 Å². The van der Waals surface area contributed by atoms with Crippen molar-refractivity contribution < 1.29 is 14.6 Å². The molecule has 3 nitrogen and oxygen atoms in total. The molecule has 1 aromatic carbocycles. The van der Waals surface area contributed by atoms with Crippen LogP contribution in [0.25, 0.3) is 0 Å². The van der Waals surface area contributed by atoms with Crippen LogP contribution in [0.4, 0.5) is 0 Å². The molecule has 1 N–H and O–H groups in total. The first-order chi connectivity index (χ1) is 10.2. The monoisotopic (exact) mass is 306 g/mol. The van der Waals surface area contributed by atoms with Gasteiger partial charge in [-0.2, -0.15) is 11.8 Å². The Labute approximate surface area is 130 Å². The smallest absolute Gasteiger partial charge is 0.314 e. The summed E-state index contributed by atoms with van der Waals surface area (Å²) in [4.78, 5) is 11.7. The van der Waals surface area contributed by atoms with Gasteiger partial charge in [-0.3, -0.25) is 4.79 Å². The second-order valence-electron chi connectivity index (χ2n) is 6.05. The predicted molar refractivity (Wildman–Crippen MR) is 85.2 cm³/mol. The van der Waals surface area contributed by atoms with Gasteiger partial charge in [0.05, 0.1) is 5.41 Å². The van der Waals surface area contributed by atoms with Crippen molar-refractivity contribution >= 4 is 17.7 Å². The molecule has 3 rings (SSSR count). The number of aliphatic carboxylic acids is 1. The molecule has 2 fully saturated rings. The molecular formula is C17H22O3S. The van der Waals surface area contributed by atoms with Crippen molar-refractivity contribution in [3.05, 3.63) is 29.8 Å². The summed E-state index contributed by atoms with van der Waals surface area (Å²) in [6, 6.07) is 7.79. The molecule has 1 saturated heterocycles. The SMILES string of the molecule is O=C(O)C1(c2ccc(OC3CCSCC3)cc2)CCCC1. The lowest BCUT2D eigenvalue weighted by Gasteiger charge is -2.26. The third kappa shape index (κ3) is 3.05. The fraction of sp³-hybridized carbons (Fsp3) is 0.588. The van der Waals surface area contributed by atoms with Crippen molar-refractivity contribution in [2.75, 3.05) is 11.5 Å². The van der Waals surface area contributed by atoms with Gasteiger partial charge in [0, 0.05) is 0 Å². The maximum absolute atomic E-state index is 11.7. The van der Waals surface area contributed by atoms with Crippen LogP contribution in [0.5, 0.6) is 5.75 Å². The van der Waals surface area contributed by atoms with E-state index >= 15 is 0 Å². The van der Waals surface area contributed by atoms with Gasteiger partial charge in [-0.15, -0.1) is 0 Å². The highest BCUT2D eigenvalue weighted by Crippen LogP contribution is 2.41. The molecule has 0 spiro atoms. The number of carboxylic acid groups (broad SMARTS) is 1. The zero-order valence-electron chi connectivity index (χ0n) is 12.2. The number of benzene rings is 1. The summed E-state index contributed by atoms with van der Waals surface area (Å²) in [5.41, 5.74) is 0.263. The summed E-state index contributed by atoms with van der Waals surface area (Å²) in [5, 5.41) is 9.61. The zero-order valence-corrected chi connectivity index (χ0v) is 13.0. The van der Waals surface area contributed by atoms with Gasteiger partial charge in [-0.1, -0.05) is 25.0 Å². The molecule has 0 amide bonds. The zero-order chi connectivity index (χ0) is 14.7. The van der Waals surface area contributed by atoms with E-state index in [1.807, 2.05) is 36.0 Å². The maximum Gasteiger partial charge on any atom is 0.314 e. The lowest BCUT2D eigenvalue weighted by molar-refractivity contribution is -0.143. The summed E-state index contributed by atoms with van der Waals surface area (Å²) < 4.78 is 6.01. The van der Waals surface area contributed by atoms with Gasteiger partial charge in [-0.05, 0) is 54.9 Å². The van der Waals surface area contributed by atoms with E-state index < -0.39 is 11.4 Å². The van der Waals surface area contributed by atoms with E-state index in [-0.39, 0.29) is 0 Å². The first-order valence-electron chi connectivity index (χ1n) is 7.79. The van der Waals surface area contributed by atoms with Crippen molar-refractivity contribution in [1.29, 1.82) is 0 Å². The van der Waals surface area contributed by atoms with Crippen molar-refractivity contribution in [1.82, 2.24) is 0 Å². The third-order valence-electron chi connectivity index (χ3n) is 4.74. The summed E-state index contributed by atoms with van der Waals surface area (Å²) in [7, 11) is 0. The molecule has 4 heteroatoms. The fourth-order valence-corrected chi connectivity index (χ4v) is 4.51. The largest absolute Gasteiger partial charge is 0.490 e. The normalized spacial score (nSPS) is 22.1. The first-order valence-corrected chi connectivity index (χ1v) is 8.94. The van der Waals surface area contributed by atoms with Gasteiger partial charge in [-0.25, -0.2) is 0 Å². The van der Waals surface area contributed by atoms with Gasteiger partial charge in [0.1, 0.15) is 11.9 Å². The molecule has 1 aliphatic heterocycles. The summed E-state index contributed by atoms with van der Waals surface area (Å²) in [5.74, 6) is 2.53. The van der Waals surface area contributed by atoms with Gasteiger partial charge in [0.2, 0.25) is 0 Å². The molecule has 1 heterocycles. The molecule has 0 bridgehead atoms. The molecule has 0 radical (unpaired) electrons. The van der Waals surface area contributed by atoms with Crippen molar-refractivity contribution in [2.45, 2.75) is 50.0 Å². The number of carboxylic acids is 1. The Balaban J connectivity index is 1.72. The fourth-order valence-electron chi connectivity index (χ4n) is 3.44. The third-order valence-corrected chi connectivity index (χ3v) is 5.79. The Bertz CT molecular complexity index is 485. The second kappa shape index (κ2) is 6.30. The van der Waals surface area contributed by atoms with Gasteiger partial charge in [0.25, 0.3) is 0 Å². The van der Waals surface area contributed by atoms with Crippen LogP contribution >= 0.6 is 11.8 Å². The van der Waals surface area contributed by atoms with Crippen LogP contribution in [0.3, 0.4) is 0 Å². The number of carbonyl (C=O) groups is 1. The highest BCUT2D eigenvalue weighted by molar-refractivity contribution is 7.99. The van der Waals surface area contributed by atoms with E-state index in [9.17, 15) is 9.90 Å². The van der Waals surface area contributed by atoms with Gasteiger partial charge >= 0.3 is 5.97 Å². The summed E-state index contributed by atoms with van der Waals surface area (Å²) >= 11 is 1.99. The van der Waals surface area contributed by atoms with E-state index in [0.717, 1.165) is 49.8 Å². The summed E-state index contributed by atoms with van der Waals surface area (Å²) in [6.45, 7) is 0. The Morgan fingerprint density at radius 2 is 1.76 bits per heavy atom. The van der Waals surface area contributed by atoms with E-state index in [4.69, 9.17) is 4.74 Å². The molecule has 114 valence electrons. The summed E-state index contributed by atoms with van der Waals surface area (Å²) in [6.07, 6.45) is 6.04. The molecule has 1 aliphatic carbocycles. The van der Waals surface area contributed by atoms with Crippen LogP contribution in [0, 0.1) is 0 Å². The minimum Gasteiger partial charge on any atom is -0.490 e. The van der Waals surface area contributed by atoms with Crippen LogP contribution in [-0.4, -0.2) is 28.7 Å². The predicted octanol–water partition coefficient (Wildman–Crippen LogP) is 3.86. The van der Waals surface area contributed by atoms with Crippen molar-refractivity contribution in [3.63, 3.8) is 0 Å². The minimum absolute atomic E-state index is 0.317. The Kier molecular flexibility index (Phi) is 4.43. The number of hydrogen-bond donors (Lipinski definition) is 1. The van der Waals surface area contributed by atoms with Crippen LogP contribution in [-0.2, 0) is 10.2 Å². The Morgan fingerprint density at radius 3 is 2.33 bits per heavy atom. The molecule has 0 aromatic heterocycles. The molecule has 1 aromatic rings. The molecule has 1 saturated carbocycles. The van der Waals surface area contributed by atoms with Crippen molar-refractivity contribution in [2.24, 2.45) is 0 Å². The second-order valence-corrected chi connectivity index (χ2v) is 7.27. The topological polar surface area (TPSA) is 46.5 Å². The highest BCUT2D eigenvalue weighted by Gasteiger charge is 2.42. The highest BCUT2D eigenvalue weighted by atomic mass is 32.2. The Hall–Kier alpha value is -1.16. The molecule has 21 heavy (non-hydrogen) atoms. The van der Waals surface area contributed by atoms with Gasteiger partial charge < -0.3 is 9.84 Å². The molecule has 0 atom stereocenters. The molecule has 0 unspecified atom stereocenters. The quantitative estimate of drug-likeness (QED) is 0.917. The minimum atomic E-state index is -0.682. The van der Waals surface area contributed by atoms with E-state index in [2.05, 4.69) is 0 Å². The van der Waals surface area contributed by atoms with Crippen molar-refractivity contribution in [3.8, 4) is 5.75 Å². The maximum atomic E-state index is 11.7. The number of hydrogen-bond acceptors (Lipinski definition) is 3. The van der Waals surface area contributed by atoms with Gasteiger partial charge in [0.15, 0.2) is 0 Å². The van der Waals surface area contributed by atoms with E-state index in [0.29, 0.717) is 6.10 Å². The van der Waals surface area contributed by atoms with Crippen LogP contribution < -0.4 is 4.74 Å². The van der Waals surface area contributed by atoms with Crippen LogP contribution in [0.15, 0.2) is 24.3 Å². The Morgan fingerprint density at radius 1 is 1.14 bits per heavy atom. The molecular weight excluding hydrogens is 284 g/mol. The number of ether oxygens (including phenoxy) is 1. The average molecular weight is 306 g/mol. The standard InChI is InChI=1S/C17H22O3S/c18-16(19)17(9-1-2-10-17)13-3-5-14(6-4-13)20-15-7-11-21-12-8-15/h3-6,15H,1-2,7-12H2,(H,18,19). The lowest BCUT2D eigenvalue weighted by Crippen LogP contribution is -2.32. The lowest BCUT2D eigenvalue weighted by atomic mass is 9.79. The van der Waals surface area contributed by atoms with Crippen LogP contribution in [0.1, 0.15) is 44.1 Å². The first kappa shape index (κ1) is 14.8.